The highest BCUT2D eigenvalue weighted by Gasteiger charge is 2.32. The van der Waals surface area contributed by atoms with E-state index < -0.39 is 0 Å². The van der Waals surface area contributed by atoms with E-state index in [9.17, 15) is 0 Å². The average molecular weight is 269 g/mol. The van der Waals surface area contributed by atoms with Crippen molar-refractivity contribution in [3.05, 3.63) is 0 Å². The molecule has 2 nitrogen and oxygen atoms in total. The van der Waals surface area contributed by atoms with Gasteiger partial charge in [0.15, 0.2) is 0 Å². The number of ether oxygens (including phenoxy) is 1. The van der Waals surface area contributed by atoms with Crippen LogP contribution >= 0.6 is 0 Å². The highest BCUT2D eigenvalue weighted by Crippen LogP contribution is 2.35. The van der Waals surface area contributed by atoms with E-state index in [-0.39, 0.29) is 5.54 Å². The Bertz CT molecular complexity index is 256. The predicted octanol–water partition coefficient (Wildman–Crippen LogP) is 4.24. The van der Waals surface area contributed by atoms with Crippen LogP contribution in [-0.2, 0) is 4.74 Å². The van der Waals surface area contributed by atoms with Gasteiger partial charge in [0, 0.05) is 12.1 Å². The molecule has 0 amide bonds. The number of nitrogens with one attached hydrogen (secondary N) is 1. The summed E-state index contributed by atoms with van der Waals surface area (Å²) in [5.74, 6) is 2.30. The smallest absolute Gasteiger partial charge is 0.0675 e. The highest BCUT2D eigenvalue weighted by atomic mass is 16.5. The van der Waals surface area contributed by atoms with Crippen LogP contribution in [0.2, 0.25) is 0 Å². The van der Waals surface area contributed by atoms with Crippen LogP contribution in [0.5, 0.6) is 0 Å². The maximum Gasteiger partial charge on any atom is 0.0675 e. The van der Waals surface area contributed by atoms with Gasteiger partial charge in [-0.15, -0.1) is 0 Å². The normalized spacial score (nSPS) is 30.6. The van der Waals surface area contributed by atoms with E-state index in [0.717, 1.165) is 24.3 Å². The molecule has 1 aliphatic carbocycles. The lowest BCUT2D eigenvalue weighted by Gasteiger charge is -2.39. The minimum atomic E-state index is 0.176. The third-order valence-corrected chi connectivity index (χ3v) is 4.29. The van der Waals surface area contributed by atoms with Crippen LogP contribution in [-0.4, -0.2) is 24.3 Å². The summed E-state index contributed by atoms with van der Waals surface area (Å²) in [6.07, 6.45) is 4.71. The molecule has 1 rings (SSSR count). The van der Waals surface area contributed by atoms with E-state index in [2.05, 4.69) is 53.8 Å². The maximum atomic E-state index is 6.37. The monoisotopic (exact) mass is 269 g/mol. The molecule has 0 radical (unpaired) electrons. The summed E-state index contributed by atoms with van der Waals surface area (Å²) in [5, 5.41) is 3.54. The quantitative estimate of drug-likeness (QED) is 0.806. The Balaban J connectivity index is 2.47. The van der Waals surface area contributed by atoms with Crippen molar-refractivity contribution < 1.29 is 4.74 Å². The summed E-state index contributed by atoms with van der Waals surface area (Å²) in [6, 6.07) is 0. The van der Waals surface area contributed by atoms with Gasteiger partial charge in [0.05, 0.1) is 12.2 Å². The van der Waals surface area contributed by atoms with Gasteiger partial charge in [0.2, 0.25) is 0 Å². The van der Waals surface area contributed by atoms with Gasteiger partial charge in [-0.25, -0.2) is 0 Å². The molecule has 0 aromatic heterocycles. The molecule has 1 fully saturated rings. The van der Waals surface area contributed by atoms with Crippen molar-refractivity contribution in [3.63, 3.8) is 0 Å². The fraction of sp³-hybridized carbons (Fsp3) is 1.00. The number of hydrogen-bond donors (Lipinski definition) is 1. The first kappa shape index (κ1) is 17.0. The third kappa shape index (κ3) is 6.27. The molecule has 0 saturated heterocycles. The summed E-state index contributed by atoms with van der Waals surface area (Å²) in [6.45, 7) is 16.8. The minimum absolute atomic E-state index is 0.176. The van der Waals surface area contributed by atoms with Crippen LogP contribution in [0, 0.1) is 17.8 Å². The van der Waals surface area contributed by atoms with Crippen LogP contribution in [0.4, 0.5) is 0 Å². The van der Waals surface area contributed by atoms with Crippen molar-refractivity contribution >= 4 is 0 Å². The molecule has 1 N–H and O–H groups in total. The fourth-order valence-corrected chi connectivity index (χ4v) is 3.07. The zero-order chi connectivity index (χ0) is 14.6. The van der Waals surface area contributed by atoms with Gasteiger partial charge >= 0.3 is 0 Å². The Morgan fingerprint density at radius 3 is 2.32 bits per heavy atom. The van der Waals surface area contributed by atoms with Crippen LogP contribution in [0.25, 0.3) is 0 Å². The molecule has 0 aliphatic heterocycles. The molecule has 114 valence electrons. The van der Waals surface area contributed by atoms with Gasteiger partial charge in [-0.05, 0) is 58.3 Å². The van der Waals surface area contributed by atoms with Gasteiger partial charge in [-0.3, -0.25) is 0 Å². The van der Waals surface area contributed by atoms with Crippen molar-refractivity contribution in [2.75, 3.05) is 6.54 Å². The first-order chi connectivity index (χ1) is 8.69. The minimum Gasteiger partial charge on any atom is -0.374 e. The standard InChI is InChI=1S/C17H35NO/c1-12(2)15-9-8-13(3)10-16(15)19-14(4)11-18-17(5,6)7/h12-16,18H,8-11H2,1-7H3. The van der Waals surface area contributed by atoms with E-state index >= 15 is 0 Å². The number of rotatable bonds is 5. The third-order valence-electron chi connectivity index (χ3n) is 4.29. The molecule has 0 spiro atoms. The summed E-state index contributed by atoms with van der Waals surface area (Å²) < 4.78 is 6.37. The molecule has 4 atom stereocenters. The average Bonchev–Trinajstić information content (AvgIpc) is 2.25. The molecule has 0 bridgehead atoms. The van der Waals surface area contributed by atoms with Crippen molar-refractivity contribution in [2.24, 2.45) is 17.8 Å². The molecule has 4 unspecified atom stereocenters. The Hall–Kier alpha value is -0.0800. The van der Waals surface area contributed by atoms with Crippen molar-refractivity contribution in [3.8, 4) is 0 Å². The molecular weight excluding hydrogens is 234 g/mol. The first-order valence-corrected chi connectivity index (χ1v) is 8.09. The van der Waals surface area contributed by atoms with E-state index in [0.29, 0.717) is 12.2 Å². The lowest BCUT2D eigenvalue weighted by Crippen LogP contribution is -2.43. The molecule has 0 heterocycles. The van der Waals surface area contributed by atoms with Gasteiger partial charge in [-0.2, -0.15) is 0 Å². The predicted molar refractivity (Wildman–Crippen MR) is 83.4 cm³/mol. The summed E-state index contributed by atoms with van der Waals surface area (Å²) >= 11 is 0. The van der Waals surface area contributed by atoms with Crippen molar-refractivity contribution in [1.82, 2.24) is 5.32 Å². The van der Waals surface area contributed by atoms with Crippen molar-refractivity contribution in [2.45, 2.75) is 85.5 Å². The highest BCUT2D eigenvalue weighted by molar-refractivity contribution is 4.82. The van der Waals surface area contributed by atoms with Gasteiger partial charge < -0.3 is 10.1 Å². The zero-order valence-electron chi connectivity index (χ0n) is 14.1. The van der Waals surface area contributed by atoms with E-state index in [1.807, 2.05) is 0 Å². The Labute approximate surface area is 120 Å². The SMILES string of the molecule is CC1CCC(C(C)C)C(OC(C)CNC(C)(C)C)C1. The topological polar surface area (TPSA) is 21.3 Å². The lowest BCUT2D eigenvalue weighted by atomic mass is 9.75. The van der Waals surface area contributed by atoms with Gasteiger partial charge in [0.25, 0.3) is 0 Å². The molecule has 1 saturated carbocycles. The second-order valence-corrected chi connectivity index (χ2v) is 7.94. The van der Waals surface area contributed by atoms with E-state index in [1.54, 1.807) is 0 Å². The largest absolute Gasteiger partial charge is 0.374 e. The second-order valence-electron chi connectivity index (χ2n) is 7.94. The molecule has 19 heavy (non-hydrogen) atoms. The summed E-state index contributed by atoms with van der Waals surface area (Å²) in [7, 11) is 0. The van der Waals surface area contributed by atoms with E-state index in [4.69, 9.17) is 4.74 Å². The van der Waals surface area contributed by atoms with Crippen LogP contribution in [0.1, 0.15) is 67.7 Å². The van der Waals surface area contributed by atoms with Gasteiger partial charge in [0.1, 0.15) is 0 Å². The van der Waals surface area contributed by atoms with Crippen LogP contribution < -0.4 is 5.32 Å². The molecule has 0 aromatic rings. The second kappa shape index (κ2) is 7.08. The van der Waals surface area contributed by atoms with E-state index in [1.165, 1.54) is 19.3 Å². The fourth-order valence-electron chi connectivity index (χ4n) is 3.07. The molecule has 1 aliphatic rings. The molecular formula is C17H35NO. The first-order valence-electron chi connectivity index (χ1n) is 8.09. The lowest BCUT2D eigenvalue weighted by molar-refractivity contribution is -0.0739. The van der Waals surface area contributed by atoms with Crippen molar-refractivity contribution in [1.29, 1.82) is 0 Å². The Kier molecular flexibility index (Phi) is 6.32. The number of hydrogen-bond acceptors (Lipinski definition) is 2. The molecule has 2 heteroatoms. The summed E-state index contributed by atoms with van der Waals surface area (Å²) in [5.41, 5.74) is 0.176. The van der Waals surface area contributed by atoms with Crippen LogP contribution in [0.15, 0.2) is 0 Å². The van der Waals surface area contributed by atoms with Gasteiger partial charge in [-0.1, -0.05) is 27.2 Å². The summed E-state index contributed by atoms with van der Waals surface area (Å²) in [4.78, 5) is 0. The Morgan fingerprint density at radius 2 is 1.79 bits per heavy atom. The maximum absolute atomic E-state index is 6.37. The van der Waals surface area contributed by atoms with Crippen LogP contribution in [0.3, 0.4) is 0 Å². The Morgan fingerprint density at radius 1 is 1.16 bits per heavy atom. The molecule has 0 aromatic carbocycles. The zero-order valence-corrected chi connectivity index (χ0v) is 14.1.